The zero-order chi connectivity index (χ0) is 13.5. The predicted octanol–water partition coefficient (Wildman–Crippen LogP) is 3.77. The first-order chi connectivity index (χ1) is 8.35. The minimum absolute atomic E-state index is 0.278. The number of hydrogen-bond donors (Lipinski definition) is 1. The van der Waals surface area contributed by atoms with Crippen LogP contribution in [0.3, 0.4) is 0 Å². The molecule has 1 N–H and O–H groups in total. The number of carboxylic acid groups (broad SMARTS) is 1. The number of rotatable bonds is 4. The second kappa shape index (κ2) is 4.47. The largest absolute Gasteiger partial charge is 0.478 e. The van der Waals surface area contributed by atoms with Gasteiger partial charge < -0.3 is 9.84 Å². The van der Waals surface area contributed by atoms with E-state index in [1.54, 1.807) is 0 Å². The molecule has 1 aliphatic carbocycles. The highest BCUT2D eigenvalue weighted by Crippen LogP contribution is 2.42. The van der Waals surface area contributed by atoms with Crippen LogP contribution >= 0.6 is 11.6 Å². The maximum absolute atomic E-state index is 11.1. The first-order valence-electron chi connectivity index (χ1n) is 6.08. The summed E-state index contributed by atoms with van der Waals surface area (Å²) in [6, 6.07) is 3.70. The molecule has 18 heavy (non-hydrogen) atoms. The van der Waals surface area contributed by atoms with Crippen LogP contribution in [0, 0.1) is 6.92 Å². The predicted molar refractivity (Wildman–Crippen MR) is 70.5 cm³/mol. The molecule has 0 heterocycles. The maximum atomic E-state index is 11.1. The quantitative estimate of drug-likeness (QED) is 0.904. The second-order valence-electron chi connectivity index (χ2n) is 5.20. The third-order valence-corrected chi connectivity index (χ3v) is 3.64. The molecule has 1 saturated carbocycles. The highest BCUT2D eigenvalue weighted by atomic mass is 35.5. The molecule has 1 aliphatic rings. The molecule has 2 rings (SSSR count). The number of ether oxygens (including phenoxy) is 1. The van der Waals surface area contributed by atoms with Gasteiger partial charge in [0.25, 0.3) is 0 Å². The Morgan fingerprint density at radius 3 is 2.50 bits per heavy atom. The van der Waals surface area contributed by atoms with Crippen LogP contribution < -0.4 is 4.74 Å². The normalized spacial score (nSPS) is 16.7. The minimum Gasteiger partial charge on any atom is -0.478 e. The van der Waals surface area contributed by atoms with Crippen molar-refractivity contribution < 1.29 is 14.6 Å². The van der Waals surface area contributed by atoms with Crippen molar-refractivity contribution >= 4 is 17.6 Å². The summed E-state index contributed by atoms with van der Waals surface area (Å²) in [4.78, 5) is 11.1. The van der Waals surface area contributed by atoms with E-state index in [1.807, 2.05) is 32.9 Å². The fourth-order valence-electron chi connectivity index (χ4n) is 1.90. The summed E-state index contributed by atoms with van der Waals surface area (Å²) >= 11 is 6.17. The fourth-order valence-corrected chi connectivity index (χ4v) is 2.34. The summed E-state index contributed by atoms with van der Waals surface area (Å²) < 4.78 is 5.69. The van der Waals surface area contributed by atoms with Gasteiger partial charge >= 0.3 is 5.97 Å². The SMILES string of the molecule is Cc1cc(Cl)c(C(C)C)cc1OC1(C(=O)O)CC1. The van der Waals surface area contributed by atoms with Crippen molar-refractivity contribution in [2.24, 2.45) is 0 Å². The van der Waals surface area contributed by atoms with Gasteiger partial charge in [-0.1, -0.05) is 25.4 Å². The van der Waals surface area contributed by atoms with Crippen molar-refractivity contribution in [1.82, 2.24) is 0 Å². The van der Waals surface area contributed by atoms with Crippen molar-refractivity contribution in [2.75, 3.05) is 0 Å². The minimum atomic E-state index is -1.01. The first-order valence-corrected chi connectivity index (χ1v) is 6.46. The van der Waals surface area contributed by atoms with E-state index in [-0.39, 0.29) is 5.92 Å². The lowest BCUT2D eigenvalue weighted by atomic mass is 10.0. The second-order valence-corrected chi connectivity index (χ2v) is 5.60. The lowest BCUT2D eigenvalue weighted by Crippen LogP contribution is -2.29. The molecule has 98 valence electrons. The molecular weight excluding hydrogens is 252 g/mol. The van der Waals surface area contributed by atoms with E-state index in [4.69, 9.17) is 21.4 Å². The molecule has 0 bridgehead atoms. The number of aryl methyl sites for hydroxylation is 1. The van der Waals surface area contributed by atoms with Crippen LogP contribution in [0.4, 0.5) is 0 Å². The number of hydrogen-bond acceptors (Lipinski definition) is 2. The fraction of sp³-hybridized carbons (Fsp3) is 0.500. The zero-order valence-corrected chi connectivity index (χ0v) is 11.5. The van der Waals surface area contributed by atoms with Gasteiger partial charge in [-0.2, -0.15) is 0 Å². The average Bonchev–Trinajstić information content (AvgIpc) is 3.02. The van der Waals surface area contributed by atoms with Crippen LogP contribution in [0.15, 0.2) is 12.1 Å². The highest BCUT2D eigenvalue weighted by molar-refractivity contribution is 6.31. The molecule has 0 aliphatic heterocycles. The van der Waals surface area contributed by atoms with Gasteiger partial charge in [0.1, 0.15) is 5.75 Å². The Bertz CT molecular complexity index is 490. The van der Waals surface area contributed by atoms with Crippen LogP contribution in [0.25, 0.3) is 0 Å². The molecule has 0 atom stereocenters. The molecule has 3 nitrogen and oxygen atoms in total. The molecule has 0 aromatic heterocycles. The van der Waals surface area contributed by atoms with E-state index < -0.39 is 11.6 Å². The summed E-state index contributed by atoms with van der Waals surface area (Å²) in [6.07, 6.45) is 1.14. The molecule has 0 spiro atoms. The Labute approximate surface area is 112 Å². The van der Waals surface area contributed by atoms with Gasteiger partial charge in [0.15, 0.2) is 0 Å². The highest BCUT2D eigenvalue weighted by Gasteiger charge is 2.53. The van der Waals surface area contributed by atoms with Gasteiger partial charge in [-0.05, 0) is 36.1 Å². The van der Waals surface area contributed by atoms with Crippen molar-refractivity contribution in [1.29, 1.82) is 0 Å². The van der Waals surface area contributed by atoms with Crippen LogP contribution in [0.5, 0.6) is 5.75 Å². The van der Waals surface area contributed by atoms with Crippen molar-refractivity contribution in [3.8, 4) is 5.75 Å². The monoisotopic (exact) mass is 268 g/mol. The summed E-state index contributed by atoms with van der Waals surface area (Å²) in [7, 11) is 0. The van der Waals surface area contributed by atoms with Gasteiger partial charge in [-0.3, -0.25) is 0 Å². The van der Waals surface area contributed by atoms with E-state index in [0.29, 0.717) is 23.6 Å². The van der Waals surface area contributed by atoms with Crippen LogP contribution in [0.1, 0.15) is 43.7 Å². The molecule has 1 aromatic carbocycles. The van der Waals surface area contributed by atoms with E-state index >= 15 is 0 Å². The smallest absolute Gasteiger partial charge is 0.348 e. The lowest BCUT2D eigenvalue weighted by Gasteiger charge is -2.18. The number of carbonyl (C=O) groups is 1. The molecule has 0 amide bonds. The van der Waals surface area contributed by atoms with Crippen LogP contribution in [0.2, 0.25) is 5.02 Å². The van der Waals surface area contributed by atoms with Gasteiger partial charge in [0.2, 0.25) is 5.60 Å². The first kappa shape index (κ1) is 13.2. The van der Waals surface area contributed by atoms with E-state index in [2.05, 4.69) is 0 Å². The Morgan fingerprint density at radius 2 is 2.06 bits per heavy atom. The maximum Gasteiger partial charge on any atom is 0.348 e. The zero-order valence-electron chi connectivity index (χ0n) is 10.8. The third-order valence-electron chi connectivity index (χ3n) is 3.32. The Morgan fingerprint density at radius 1 is 1.44 bits per heavy atom. The average molecular weight is 269 g/mol. The summed E-state index contributed by atoms with van der Waals surface area (Å²) in [6.45, 7) is 5.97. The van der Waals surface area contributed by atoms with Crippen molar-refractivity contribution in [3.63, 3.8) is 0 Å². The molecule has 0 unspecified atom stereocenters. The van der Waals surface area contributed by atoms with Crippen LogP contribution in [-0.4, -0.2) is 16.7 Å². The standard InChI is InChI=1S/C14H17ClO3/c1-8(2)10-7-12(9(3)6-11(10)15)18-14(4-5-14)13(16)17/h6-8H,4-5H2,1-3H3,(H,16,17). The molecule has 0 saturated heterocycles. The Balaban J connectivity index is 2.34. The molecule has 0 radical (unpaired) electrons. The Kier molecular flexibility index (Phi) is 3.28. The summed E-state index contributed by atoms with van der Waals surface area (Å²) in [5.41, 5.74) is 0.850. The van der Waals surface area contributed by atoms with Gasteiger partial charge in [-0.15, -0.1) is 0 Å². The van der Waals surface area contributed by atoms with Crippen molar-refractivity contribution in [2.45, 2.75) is 45.1 Å². The topological polar surface area (TPSA) is 46.5 Å². The lowest BCUT2D eigenvalue weighted by molar-refractivity contribution is -0.147. The number of benzene rings is 1. The Hall–Kier alpha value is -1.22. The van der Waals surface area contributed by atoms with E-state index in [9.17, 15) is 4.79 Å². The van der Waals surface area contributed by atoms with Gasteiger partial charge in [0.05, 0.1) is 0 Å². The molecule has 1 fully saturated rings. The number of aliphatic carboxylic acids is 1. The van der Waals surface area contributed by atoms with Gasteiger partial charge in [-0.25, -0.2) is 4.79 Å². The van der Waals surface area contributed by atoms with Gasteiger partial charge in [0, 0.05) is 17.9 Å². The number of halogens is 1. The van der Waals surface area contributed by atoms with E-state index in [0.717, 1.165) is 11.1 Å². The number of carboxylic acids is 1. The third kappa shape index (κ3) is 2.32. The van der Waals surface area contributed by atoms with E-state index in [1.165, 1.54) is 0 Å². The molecular formula is C14H17ClO3. The molecule has 4 heteroatoms. The van der Waals surface area contributed by atoms with Crippen LogP contribution in [-0.2, 0) is 4.79 Å². The summed E-state index contributed by atoms with van der Waals surface area (Å²) in [5.74, 6) is 0.0198. The molecule has 1 aromatic rings. The summed E-state index contributed by atoms with van der Waals surface area (Å²) in [5, 5.41) is 9.84. The van der Waals surface area contributed by atoms with Crippen molar-refractivity contribution in [3.05, 3.63) is 28.3 Å².